The quantitative estimate of drug-likeness (QED) is 0.830. The lowest BCUT2D eigenvalue weighted by atomic mass is 10.0. The maximum atomic E-state index is 13.0. The third-order valence-electron chi connectivity index (χ3n) is 5.38. The minimum Gasteiger partial charge on any atom is -0.342 e. The summed E-state index contributed by atoms with van der Waals surface area (Å²) >= 11 is 0. The molecule has 3 rings (SSSR count). The summed E-state index contributed by atoms with van der Waals surface area (Å²) in [6.45, 7) is 4.51. The fraction of sp³-hybridized carbons (Fsp3) is 0.611. The molecule has 0 radical (unpaired) electrons. The largest absolute Gasteiger partial charge is 0.342 e. The molecule has 0 aliphatic carbocycles. The summed E-state index contributed by atoms with van der Waals surface area (Å²) in [5, 5.41) is 0. The Hall–Kier alpha value is -1.15. The van der Waals surface area contributed by atoms with Crippen LogP contribution in [-0.2, 0) is 27.7 Å². The van der Waals surface area contributed by atoms with E-state index >= 15 is 0 Å². The highest BCUT2D eigenvalue weighted by Gasteiger charge is 2.30. The van der Waals surface area contributed by atoms with Gasteiger partial charge in [-0.25, -0.2) is 8.42 Å². The highest BCUT2D eigenvalue weighted by Crippen LogP contribution is 2.26. The maximum Gasteiger partial charge on any atom is 0.243 e. The molecule has 2 heterocycles. The Balaban J connectivity index is 0.00000243. The summed E-state index contributed by atoms with van der Waals surface area (Å²) in [6, 6.07) is 5.43. The zero-order valence-corrected chi connectivity index (χ0v) is 16.8. The zero-order valence-electron chi connectivity index (χ0n) is 15.2. The molecule has 0 saturated carbocycles. The van der Waals surface area contributed by atoms with Gasteiger partial charge in [-0.3, -0.25) is 4.79 Å². The Morgan fingerprint density at radius 2 is 1.88 bits per heavy atom. The van der Waals surface area contributed by atoms with Gasteiger partial charge in [0.1, 0.15) is 0 Å². The van der Waals surface area contributed by atoms with E-state index in [9.17, 15) is 13.2 Å². The van der Waals surface area contributed by atoms with Crippen LogP contribution < -0.4 is 5.73 Å². The van der Waals surface area contributed by atoms with Crippen LogP contribution in [0.5, 0.6) is 0 Å². The average molecular weight is 402 g/mol. The Kier molecular flexibility index (Phi) is 7.07. The van der Waals surface area contributed by atoms with E-state index in [0.717, 1.165) is 30.4 Å². The van der Waals surface area contributed by atoms with Crippen molar-refractivity contribution < 1.29 is 13.2 Å². The average Bonchev–Trinajstić information content (AvgIpc) is 2.83. The number of amides is 1. The van der Waals surface area contributed by atoms with E-state index in [0.29, 0.717) is 44.0 Å². The Morgan fingerprint density at radius 1 is 1.19 bits per heavy atom. The van der Waals surface area contributed by atoms with Crippen LogP contribution in [0.25, 0.3) is 0 Å². The molecule has 1 fully saturated rings. The van der Waals surface area contributed by atoms with E-state index in [1.165, 1.54) is 0 Å². The second kappa shape index (κ2) is 8.69. The number of piperidine rings is 1. The van der Waals surface area contributed by atoms with Gasteiger partial charge in [-0.2, -0.15) is 4.31 Å². The van der Waals surface area contributed by atoms with Gasteiger partial charge in [0.25, 0.3) is 0 Å². The molecule has 6 nitrogen and oxygen atoms in total. The van der Waals surface area contributed by atoms with Gasteiger partial charge >= 0.3 is 0 Å². The molecule has 1 aromatic rings. The molecule has 1 saturated heterocycles. The number of carbonyl (C=O) groups is 1. The molecule has 0 spiro atoms. The first-order valence-electron chi connectivity index (χ1n) is 8.99. The van der Waals surface area contributed by atoms with Gasteiger partial charge in [0.15, 0.2) is 0 Å². The van der Waals surface area contributed by atoms with E-state index < -0.39 is 10.0 Å². The predicted molar refractivity (Wildman–Crippen MR) is 104 cm³/mol. The number of nitrogens with zero attached hydrogens (tertiary/aromatic N) is 2. The van der Waals surface area contributed by atoms with Crippen LogP contribution in [0.2, 0.25) is 0 Å². The van der Waals surface area contributed by atoms with Gasteiger partial charge in [-0.05, 0) is 61.4 Å². The predicted octanol–water partition coefficient (Wildman–Crippen LogP) is 1.41. The summed E-state index contributed by atoms with van der Waals surface area (Å²) in [6.07, 6.45) is 3.32. The van der Waals surface area contributed by atoms with Crippen LogP contribution in [0.15, 0.2) is 23.1 Å². The maximum absolute atomic E-state index is 13.0. The SMILES string of the molecule is CC(=O)N1CCc2ccc(S(=O)(=O)N3CCCC(CN)C3)cc2CC1.Cl. The van der Waals surface area contributed by atoms with Crippen molar-refractivity contribution in [3.63, 3.8) is 0 Å². The van der Waals surface area contributed by atoms with E-state index in [-0.39, 0.29) is 24.2 Å². The molecule has 2 N–H and O–H groups in total. The standard InChI is InChI=1S/C18H27N3O3S.ClH/c1-14(22)20-9-6-16-4-5-18(11-17(16)7-10-20)25(23,24)21-8-2-3-15(12-19)13-21;/h4-5,11,15H,2-3,6-10,12-13,19H2,1H3;1H. The third kappa shape index (κ3) is 4.39. The Morgan fingerprint density at radius 3 is 2.54 bits per heavy atom. The molecule has 1 unspecified atom stereocenters. The van der Waals surface area contributed by atoms with Crippen LogP contribution in [-0.4, -0.2) is 56.3 Å². The number of benzene rings is 1. The molecule has 1 aromatic carbocycles. The number of carbonyl (C=O) groups excluding carboxylic acids is 1. The first-order chi connectivity index (χ1) is 11.9. The van der Waals surface area contributed by atoms with Gasteiger partial charge < -0.3 is 10.6 Å². The van der Waals surface area contributed by atoms with Crippen molar-refractivity contribution in [1.29, 1.82) is 0 Å². The van der Waals surface area contributed by atoms with Gasteiger partial charge in [0.05, 0.1) is 4.90 Å². The highest BCUT2D eigenvalue weighted by atomic mass is 35.5. The molecular formula is C18H28ClN3O3S. The summed E-state index contributed by atoms with van der Waals surface area (Å²) < 4.78 is 27.6. The van der Waals surface area contributed by atoms with Crippen molar-refractivity contribution >= 4 is 28.3 Å². The Labute approximate surface area is 162 Å². The zero-order chi connectivity index (χ0) is 18.0. The number of halogens is 1. The molecular weight excluding hydrogens is 374 g/mol. The number of nitrogens with two attached hydrogens (primary N) is 1. The number of rotatable bonds is 3. The van der Waals surface area contributed by atoms with Crippen molar-refractivity contribution in [2.75, 3.05) is 32.7 Å². The topological polar surface area (TPSA) is 83.7 Å². The lowest BCUT2D eigenvalue weighted by molar-refractivity contribution is -0.128. The second-order valence-corrected chi connectivity index (χ2v) is 8.98. The first-order valence-corrected chi connectivity index (χ1v) is 10.4. The molecule has 2 aliphatic heterocycles. The molecule has 0 aromatic heterocycles. The van der Waals surface area contributed by atoms with Crippen molar-refractivity contribution in [3.8, 4) is 0 Å². The van der Waals surface area contributed by atoms with E-state index in [1.807, 2.05) is 11.0 Å². The minimum absolute atomic E-state index is 0. The van der Waals surface area contributed by atoms with Crippen molar-refractivity contribution in [1.82, 2.24) is 9.21 Å². The van der Waals surface area contributed by atoms with Gasteiger partial charge in [-0.1, -0.05) is 6.07 Å². The summed E-state index contributed by atoms with van der Waals surface area (Å²) in [5.41, 5.74) is 7.92. The molecule has 146 valence electrons. The van der Waals surface area contributed by atoms with Crippen LogP contribution >= 0.6 is 12.4 Å². The van der Waals surface area contributed by atoms with Gasteiger partial charge in [0, 0.05) is 33.1 Å². The molecule has 26 heavy (non-hydrogen) atoms. The number of hydrogen-bond acceptors (Lipinski definition) is 4. The monoisotopic (exact) mass is 401 g/mol. The molecule has 0 bridgehead atoms. The molecule has 1 amide bonds. The number of fused-ring (bicyclic) bond motifs is 1. The van der Waals surface area contributed by atoms with Crippen LogP contribution in [0.4, 0.5) is 0 Å². The number of sulfonamides is 1. The van der Waals surface area contributed by atoms with Crippen molar-refractivity contribution in [2.45, 2.75) is 37.5 Å². The highest BCUT2D eigenvalue weighted by molar-refractivity contribution is 7.89. The summed E-state index contributed by atoms with van der Waals surface area (Å²) in [5.74, 6) is 0.315. The normalized spacial score (nSPS) is 21.5. The molecule has 1 atom stereocenters. The Bertz CT molecular complexity index is 754. The number of hydrogen-bond donors (Lipinski definition) is 1. The summed E-state index contributed by atoms with van der Waals surface area (Å²) in [7, 11) is -3.48. The van der Waals surface area contributed by atoms with Crippen molar-refractivity contribution in [2.24, 2.45) is 11.7 Å². The lowest BCUT2D eigenvalue weighted by Crippen LogP contribution is -2.42. The second-order valence-electron chi connectivity index (χ2n) is 7.04. The van der Waals surface area contributed by atoms with Gasteiger partial charge in [0.2, 0.25) is 15.9 Å². The van der Waals surface area contributed by atoms with Gasteiger partial charge in [-0.15, -0.1) is 12.4 Å². The van der Waals surface area contributed by atoms with Crippen LogP contribution in [0.3, 0.4) is 0 Å². The van der Waals surface area contributed by atoms with Crippen molar-refractivity contribution in [3.05, 3.63) is 29.3 Å². The third-order valence-corrected chi connectivity index (χ3v) is 7.24. The minimum atomic E-state index is -3.48. The lowest BCUT2D eigenvalue weighted by Gasteiger charge is -2.31. The van der Waals surface area contributed by atoms with E-state index in [1.54, 1.807) is 23.4 Å². The van der Waals surface area contributed by atoms with Crippen LogP contribution in [0.1, 0.15) is 30.9 Å². The van der Waals surface area contributed by atoms with Crippen LogP contribution in [0, 0.1) is 5.92 Å². The van der Waals surface area contributed by atoms with E-state index in [2.05, 4.69) is 0 Å². The summed E-state index contributed by atoms with van der Waals surface area (Å²) in [4.78, 5) is 13.8. The molecule has 2 aliphatic rings. The molecule has 8 heteroatoms. The smallest absolute Gasteiger partial charge is 0.243 e. The van der Waals surface area contributed by atoms with E-state index in [4.69, 9.17) is 5.73 Å². The fourth-order valence-corrected chi connectivity index (χ4v) is 5.37. The first kappa shape index (κ1) is 21.2. The fourth-order valence-electron chi connectivity index (χ4n) is 3.76.